The predicted octanol–water partition coefficient (Wildman–Crippen LogP) is 3.20. The SMILES string of the molecule is Cc1cc(C)c(CN(C)C(C)(C)CCO)cc1C. The van der Waals surface area contributed by atoms with Crippen molar-refractivity contribution in [2.45, 2.75) is 53.1 Å². The van der Waals surface area contributed by atoms with E-state index >= 15 is 0 Å². The first-order valence-corrected chi connectivity index (χ1v) is 6.67. The van der Waals surface area contributed by atoms with Gasteiger partial charge in [0.2, 0.25) is 0 Å². The van der Waals surface area contributed by atoms with E-state index in [0.29, 0.717) is 0 Å². The van der Waals surface area contributed by atoms with Crippen LogP contribution in [0.2, 0.25) is 0 Å². The molecule has 2 nitrogen and oxygen atoms in total. The molecule has 0 aliphatic rings. The molecule has 18 heavy (non-hydrogen) atoms. The van der Waals surface area contributed by atoms with Gasteiger partial charge in [-0.1, -0.05) is 12.1 Å². The minimum absolute atomic E-state index is 0.0278. The summed E-state index contributed by atoms with van der Waals surface area (Å²) in [5.41, 5.74) is 5.47. The van der Waals surface area contributed by atoms with Crippen molar-refractivity contribution in [3.8, 4) is 0 Å². The molecular weight excluding hydrogens is 222 g/mol. The molecule has 1 aromatic carbocycles. The Morgan fingerprint density at radius 3 is 2.17 bits per heavy atom. The summed E-state index contributed by atoms with van der Waals surface area (Å²) in [6.45, 7) is 12.0. The van der Waals surface area contributed by atoms with Gasteiger partial charge in [-0.3, -0.25) is 4.90 Å². The van der Waals surface area contributed by atoms with Crippen LogP contribution in [0.3, 0.4) is 0 Å². The number of aryl methyl sites for hydroxylation is 3. The van der Waals surface area contributed by atoms with Gasteiger partial charge < -0.3 is 5.11 Å². The topological polar surface area (TPSA) is 23.5 Å². The fraction of sp³-hybridized carbons (Fsp3) is 0.625. The molecule has 1 rings (SSSR count). The van der Waals surface area contributed by atoms with E-state index in [-0.39, 0.29) is 12.1 Å². The van der Waals surface area contributed by atoms with Crippen molar-refractivity contribution in [1.82, 2.24) is 4.90 Å². The van der Waals surface area contributed by atoms with Gasteiger partial charge in [0.25, 0.3) is 0 Å². The van der Waals surface area contributed by atoms with Gasteiger partial charge in [-0.25, -0.2) is 0 Å². The first-order valence-electron chi connectivity index (χ1n) is 6.67. The number of rotatable bonds is 5. The van der Waals surface area contributed by atoms with Gasteiger partial charge in [-0.15, -0.1) is 0 Å². The van der Waals surface area contributed by atoms with Crippen LogP contribution < -0.4 is 0 Å². The molecule has 0 saturated carbocycles. The average molecular weight is 249 g/mol. The lowest BCUT2D eigenvalue weighted by atomic mass is 9.96. The van der Waals surface area contributed by atoms with E-state index in [9.17, 15) is 0 Å². The summed E-state index contributed by atoms with van der Waals surface area (Å²) in [5.74, 6) is 0. The number of hydrogen-bond donors (Lipinski definition) is 1. The van der Waals surface area contributed by atoms with Gasteiger partial charge in [-0.05, 0) is 70.3 Å². The molecule has 0 saturated heterocycles. The summed E-state index contributed by atoms with van der Waals surface area (Å²) < 4.78 is 0. The van der Waals surface area contributed by atoms with Crippen LogP contribution in [0.25, 0.3) is 0 Å². The molecule has 0 fully saturated rings. The van der Waals surface area contributed by atoms with E-state index < -0.39 is 0 Å². The maximum absolute atomic E-state index is 9.13. The Bertz CT molecular complexity index is 410. The maximum Gasteiger partial charge on any atom is 0.0448 e. The highest BCUT2D eigenvalue weighted by Crippen LogP contribution is 2.22. The second-order valence-corrected chi connectivity index (χ2v) is 6.01. The summed E-state index contributed by atoms with van der Waals surface area (Å²) in [5, 5.41) is 9.13. The van der Waals surface area contributed by atoms with Crippen molar-refractivity contribution in [2.75, 3.05) is 13.7 Å². The zero-order valence-corrected chi connectivity index (χ0v) is 12.7. The van der Waals surface area contributed by atoms with Crippen molar-refractivity contribution in [2.24, 2.45) is 0 Å². The molecule has 102 valence electrons. The van der Waals surface area contributed by atoms with Crippen LogP contribution in [0.5, 0.6) is 0 Å². The molecule has 1 aromatic rings. The molecule has 0 bridgehead atoms. The minimum atomic E-state index is 0.0278. The number of hydrogen-bond acceptors (Lipinski definition) is 2. The molecule has 1 N–H and O–H groups in total. The lowest BCUT2D eigenvalue weighted by Crippen LogP contribution is -2.41. The fourth-order valence-corrected chi connectivity index (χ4v) is 2.12. The van der Waals surface area contributed by atoms with Crippen LogP contribution in [0.4, 0.5) is 0 Å². The number of benzene rings is 1. The third-order valence-electron chi connectivity index (χ3n) is 4.12. The standard InChI is InChI=1S/C16H27NO/c1-12-9-14(3)15(10-13(12)2)11-17(6)16(4,5)7-8-18/h9-10,18H,7-8,11H2,1-6H3. The van der Waals surface area contributed by atoms with Crippen molar-refractivity contribution < 1.29 is 5.11 Å². The highest BCUT2D eigenvalue weighted by atomic mass is 16.3. The number of nitrogens with zero attached hydrogens (tertiary/aromatic N) is 1. The van der Waals surface area contributed by atoms with Crippen LogP contribution in [0.15, 0.2) is 12.1 Å². The van der Waals surface area contributed by atoms with E-state index in [4.69, 9.17) is 5.11 Å². The van der Waals surface area contributed by atoms with Crippen LogP contribution in [0.1, 0.15) is 42.5 Å². The third-order valence-corrected chi connectivity index (χ3v) is 4.12. The molecule has 0 spiro atoms. The summed E-state index contributed by atoms with van der Waals surface area (Å²) in [6, 6.07) is 4.55. The summed E-state index contributed by atoms with van der Waals surface area (Å²) in [4.78, 5) is 2.32. The zero-order valence-electron chi connectivity index (χ0n) is 12.7. The molecule has 0 atom stereocenters. The second-order valence-electron chi connectivity index (χ2n) is 6.01. The minimum Gasteiger partial charge on any atom is -0.396 e. The van der Waals surface area contributed by atoms with Gasteiger partial charge in [0, 0.05) is 18.7 Å². The second kappa shape index (κ2) is 5.85. The predicted molar refractivity (Wildman–Crippen MR) is 77.9 cm³/mol. The van der Waals surface area contributed by atoms with E-state index in [1.54, 1.807) is 0 Å². The molecule has 2 heteroatoms. The van der Waals surface area contributed by atoms with Gasteiger partial charge in [0.15, 0.2) is 0 Å². The normalized spacial score (nSPS) is 12.2. The molecule has 0 amide bonds. The zero-order chi connectivity index (χ0) is 13.9. The largest absolute Gasteiger partial charge is 0.396 e. The van der Waals surface area contributed by atoms with Gasteiger partial charge >= 0.3 is 0 Å². The molecule has 0 heterocycles. The van der Waals surface area contributed by atoms with Crippen LogP contribution in [0, 0.1) is 20.8 Å². The van der Waals surface area contributed by atoms with Gasteiger partial charge in [0.05, 0.1) is 0 Å². The Kier molecular flexibility index (Phi) is 4.94. The lowest BCUT2D eigenvalue weighted by molar-refractivity contribution is 0.110. The van der Waals surface area contributed by atoms with Crippen LogP contribution >= 0.6 is 0 Å². The van der Waals surface area contributed by atoms with Crippen molar-refractivity contribution in [3.05, 3.63) is 34.4 Å². The Labute approximate surface area is 112 Å². The Morgan fingerprint density at radius 1 is 1.06 bits per heavy atom. The summed E-state index contributed by atoms with van der Waals surface area (Å²) in [6.07, 6.45) is 0.799. The van der Waals surface area contributed by atoms with Crippen LogP contribution in [-0.2, 0) is 6.54 Å². The van der Waals surface area contributed by atoms with Crippen molar-refractivity contribution in [3.63, 3.8) is 0 Å². The molecule has 0 aromatic heterocycles. The quantitative estimate of drug-likeness (QED) is 0.866. The van der Waals surface area contributed by atoms with Crippen molar-refractivity contribution in [1.29, 1.82) is 0 Å². The van der Waals surface area contributed by atoms with E-state index in [2.05, 4.69) is 58.7 Å². The number of aliphatic hydroxyl groups excluding tert-OH is 1. The highest BCUT2D eigenvalue weighted by Gasteiger charge is 2.23. The Hall–Kier alpha value is -0.860. The summed E-state index contributed by atoms with van der Waals surface area (Å²) >= 11 is 0. The van der Waals surface area contributed by atoms with Crippen LogP contribution in [-0.4, -0.2) is 29.2 Å². The lowest BCUT2D eigenvalue weighted by Gasteiger charge is -2.35. The Balaban J connectivity index is 2.88. The fourth-order valence-electron chi connectivity index (χ4n) is 2.12. The highest BCUT2D eigenvalue weighted by molar-refractivity contribution is 5.36. The molecule has 0 unspecified atom stereocenters. The first kappa shape index (κ1) is 15.2. The van der Waals surface area contributed by atoms with E-state index in [1.165, 1.54) is 22.3 Å². The third kappa shape index (κ3) is 3.56. The van der Waals surface area contributed by atoms with Gasteiger partial charge in [-0.2, -0.15) is 0 Å². The molecular formula is C16H27NO. The first-order chi connectivity index (χ1) is 8.27. The summed E-state index contributed by atoms with van der Waals surface area (Å²) in [7, 11) is 2.13. The maximum atomic E-state index is 9.13. The van der Waals surface area contributed by atoms with Gasteiger partial charge in [0.1, 0.15) is 0 Å². The molecule has 0 aliphatic carbocycles. The molecule has 0 aliphatic heterocycles. The molecule has 0 radical (unpaired) electrons. The number of aliphatic hydroxyl groups is 1. The monoisotopic (exact) mass is 249 g/mol. The smallest absolute Gasteiger partial charge is 0.0448 e. The van der Waals surface area contributed by atoms with E-state index in [0.717, 1.165) is 13.0 Å². The van der Waals surface area contributed by atoms with E-state index in [1.807, 2.05) is 0 Å². The van der Waals surface area contributed by atoms with Crippen molar-refractivity contribution >= 4 is 0 Å². The Morgan fingerprint density at radius 2 is 1.61 bits per heavy atom. The average Bonchev–Trinajstić information content (AvgIpc) is 2.25.